The molecule has 0 saturated carbocycles. The third-order valence-electron chi connectivity index (χ3n) is 3.96. The standard InChI is InChI=1S/C21H22N4OS/c1-4-10-25-14-22-24-21(25)27-19(17-8-6-5-7-9-17)20(26)23-18-12-15(2)11-16(3)13-18/h4-9,11-14,19H,1,10H2,2-3H3,(H,23,26)/t19-/m1/s1. The number of carbonyl (C=O) groups is 1. The molecule has 0 bridgehead atoms. The number of carbonyl (C=O) groups excluding carboxylic acids is 1. The van der Waals surface area contributed by atoms with E-state index in [1.807, 2.05) is 60.9 Å². The summed E-state index contributed by atoms with van der Waals surface area (Å²) in [6, 6.07) is 15.7. The number of nitrogens with one attached hydrogen (secondary N) is 1. The minimum atomic E-state index is -0.445. The third kappa shape index (κ3) is 4.86. The van der Waals surface area contributed by atoms with Gasteiger partial charge in [0.05, 0.1) is 0 Å². The van der Waals surface area contributed by atoms with Crippen molar-refractivity contribution in [2.45, 2.75) is 30.8 Å². The number of rotatable bonds is 7. The van der Waals surface area contributed by atoms with Gasteiger partial charge in [-0.3, -0.25) is 4.79 Å². The zero-order valence-corrected chi connectivity index (χ0v) is 16.2. The Balaban J connectivity index is 1.88. The number of hydrogen-bond acceptors (Lipinski definition) is 4. The maximum Gasteiger partial charge on any atom is 0.242 e. The van der Waals surface area contributed by atoms with Crippen LogP contribution in [0, 0.1) is 13.8 Å². The number of aryl methyl sites for hydroxylation is 2. The molecule has 0 unspecified atom stereocenters. The van der Waals surface area contributed by atoms with Crippen molar-refractivity contribution in [1.29, 1.82) is 0 Å². The van der Waals surface area contributed by atoms with Crippen molar-refractivity contribution < 1.29 is 4.79 Å². The van der Waals surface area contributed by atoms with Gasteiger partial charge in [-0.15, -0.1) is 16.8 Å². The van der Waals surface area contributed by atoms with Crippen molar-refractivity contribution in [3.05, 3.63) is 84.2 Å². The van der Waals surface area contributed by atoms with Gasteiger partial charge < -0.3 is 9.88 Å². The molecule has 0 aliphatic carbocycles. The third-order valence-corrected chi connectivity index (χ3v) is 5.21. The number of thioether (sulfide) groups is 1. The first-order valence-electron chi connectivity index (χ1n) is 8.66. The first kappa shape index (κ1) is 18.9. The van der Waals surface area contributed by atoms with Crippen molar-refractivity contribution in [2.75, 3.05) is 5.32 Å². The molecule has 3 aromatic rings. The Morgan fingerprint density at radius 2 is 1.93 bits per heavy atom. The van der Waals surface area contributed by atoms with E-state index in [0.29, 0.717) is 11.7 Å². The molecule has 6 heteroatoms. The number of allylic oxidation sites excluding steroid dienone is 1. The highest BCUT2D eigenvalue weighted by Crippen LogP contribution is 2.35. The summed E-state index contributed by atoms with van der Waals surface area (Å²) in [6.45, 7) is 8.38. The van der Waals surface area contributed by atoms with Gasteiger partial charge in [0, 0.05) is 12.2 Å². The summed E-state index contributed by atoms with van der Waals surface area (Å²) >= 11 is 1.38. The molecule has 2 aromatic carbocycles. The van der Waals surface area contributed by atoms with Crippen molar-refractivity contribution >= 4 is 23.4 Å². The number of amides is 1. The van der Waals surface area contributed by atoms with Crippen LogP contribution in [0.3, 0.4) is 0 Å². The Hall–Kier alpha value is -2.86. The van der Waals surface area contributed by atoms with Crippen LogP contribution in [-0.4, -0.2) is 20.7 Å². The Bertz CT molecular complexity index is 916. The lowest BCUT2D eigenvalue weighted by Crippen LogP contribution is -2.19. The van der Waals surface area contributed by atoms with Crippen LogP contribution in [0.4, 0.5) is 5.69 Å². The molecule has 27 heavy (non-hydrogen) atoms. The van der Waals surface area contributed by atoms with E-state index < -0.39 is 5.25 Å². The molecule has 0 fully saturated rings. The van der Waals surface area contributed by atoms with E-state index >= 15 is 0 Å². The minimum Gasteiger partial charge on any atom is -0.325 e. The molecule has 0 aliphatic heterocycles. The molecule has 0 radical (unpaired) electrons. The van der Waals surface area contributed by atoms with Gasteiger partial charge in [-0.05, 0) is 42.7 Å². The van der Waals surface area contributed by atoms with E-state index in [1.54, 1.807) is 12.4 Å². The normalized spacial score (nSPS) is 11.8. The van der Waals surface area contributed by atoms with Gasteiger partial charge in [-0.2, -0.15) is 0 Å². The Labute approximate surface area is 163 Å². The number of hydrogen-bond donors (Lipinski definition) is 1. The minimum absolute atomic E-state index is 0.0932. The molecule has 1 amide bonds. The lowest BCUT2D eigenvalue weighted by atomic mass is 10.1. The van der Waals surface area contributed by atoms with E-state index in [2.05, 4.69) is 28.2 Å². The first-order chi connectivity index (χ1) is 13.1. The lowest BCUT2D eigenvalue weighted by Gasteiger charge is -2.17. The van der Waals surface area contributed by atoms with Gasteiger partial charge in [0.1, 0.15) is 11.6 Å². The number of anilines is 1. The summed E-state index contributed by atoms with van der Waals surface area (Å²) in [4.78, 5) is 13.1. The molecule has 0 saturated heterocycles. The summed E-state index contributed by atoms with van der Waals surface area (Å²) in [5, 5.41) is 11.4. The molecular formula is C21H22N4OS. The highest BCUT2D eigenvalue weighted by atomic mass is 32.2. The summed E-state index contributed by atoms with van der Waals surface area (Å²) in [5.41, 5.74) is 3.93. The summed E-state index contributed by atoms with van der Waals surface area (Å²) in [7, 11) is 0. The van der Waals surface area contributed by atoms with E-state index in [0.717, 1.165) is 22.4 Å². The molecule has 1 atom stereocenters. The second-order valence-electron chi connectivity index (χ2n) is 6.33. The topological polar surface area (TPSA) is 59.8 Å². The van der Waals surface area contributed by atoms with Crippen LogP contribution < -0.4 is 5.32 Å². The molecule has 0 aliphatic rings. The second-order valence-corrected chi connectivity index (χ2v) is 7.40. The van der Waals surface area contributed by atoms with E-state index in [9.17, 15) is 4.79 Å². The summed E-state index contributed by atoms with van der Waals surface area (Å²) in [6.07, 6.45) is 3.43. The van der Waals surface area contributed by atoms with Crippen molar-refractivity contribution in [1.82, 2.24) is 14.8 Å². The molecular weight excluding hydrogens is 356 g/mol. The average molecular weight is 379 g/mol. The highest BCUT2D eigenvalue weighted by molar-refractivity contribution is 8.00. The largest absolute Gasteiger partial charge is 0.325 e. The highest BCUT2D eigenvalue weighted by Gasteiger charge is 2.24. The molecule has 5 nitrogen and oxygen atoms in total. The van der Waals surface area contributed by atoms with Crippen LogP contribution in [0.25, 0.3) is 0 Å². The SMILES string of the molecule is C=CCn1cnnc1S[C@@H](C(=O)Nc1cc(C)cc(C)c1)c1ccccc1. The van der Waals surface area contributed by atoms with E-state index in [-0.39, 0.29) is 5.91 Å². The Kier molecular flexibility index (Phi) is 6.08. The summed E-state index contributed by atoms with van der Waals surface area (Å²) in [5.74, 6) is -0.0932. The molecule has 1 N–H and O–H groups in total. The predicted molar refractivity (Wildman–Crippen MR) is 110 cm³/mol. The van der Waals surface area contributed by atoms with Crippen LogP contribution in [0.2, 0.25) is 0 Å². The van der Waals surface area contributed by atoms with Gasteiger partial charge in [-0.1, -0.05) is 54.2 Å². The van der Waals surface area contributed by atoms with Crippen molar-refractivity contribution in [3.8, 4) is 0 Å². The lowest BCUT2D eigenvalue weighted by molar-refractivity contribution is -0.115. The zero-order chi connectivity index (χ0) is 19.2. The monoisotopic (exact) mass is 378 g/mol. The quantitative estimate of drug-likeness (QED) is 0.484. The van der Waals surface area contributed by atoms with Crippen LogP contribution in [0.15, 0.2) is 72.7 Å². The van der Waals surface area contributed by atoms with Gasteiger partial charge in [0.25, 0.3) is 0 Å². The average Bonchev–Trinajstić information content (AvgIpc) is 3.06. The molecule has 138 valence electrons. The van der Waals surface area contributed by atoms with Gasteiger partial charge >= 0.3 is 0 Å². The van der Waals surface area contributed by atoms with Gasteiger partial charge in [0.15, 0.2) is 5.16 Å². The maximum absolute atomic E-state index is 13.1. The summed E-state index contributed by atoms with van der Waals surface area (Å²) < 4.78 is 1.87. The van der Waals surface area contributed by atoms with Crippen LogP contribution in [0.1, 0.15) is 21.9 Å². The van der Waals surface area contributed by atoms with Crippen LogP contribution in [-0.2, 0) is 11.3 Å². The second kappa shape index (κ2) is 8.68. The smallest absolute Gasteiger partial charge is 0.242 e. The molecule has 0 spiro atoms. The van der Waals surface area contributed by atoms with Crippen molar-refractivity contribution in [3.63, 3.8) is 0 Å². The van der Waals surface area contributed by atoms with Crippen LogP contribution in [0.5, 0.6) is 0 Å². The first-order valence-corrected chi connectivity index (χ1v) is 9.54. The van der Waals surface area contributed by atoms with Gasteiger partial charge in [0.2, 0.25) is 5.91 Å². The van der Waals surface area contributed by atoms with Crippen LogP contribution >= 0.6 is 11.8 Å². The molecule has 3 rings (SSSR count). The van der Waals surface area contributed by atoms with Crippen molar-refractivity contribution in [2.24, 2.45) is 0 Å². The molecule has 1 heterocycles. The fourth-order valence-electron chi connectivity index (χ4n) is 2.86. The zero-order valence-electron chi connectivity index (χ0n) is 15.4. The predicted octanol–water partition coefficient (Wildman–Crippen LogP) is 4.55. The maximum atomic E-state index is 13.1. The van der Waals surface area contributed by atoms with Gasteiger partial charge in [-0.25, -0.2) is 0 Å². The number of aromatic nitrogens is 3. The van der Waals surface area contributed by atoms with E-state index in [4.69, 9.17) is 0 Å². The number of nitrogens with zero attached hydrogens (tertiary/aromatic N) is 3. The molecule has 1 aromatic heterocycles. The Morgan fingerprint density at radius 1 is 1.22 bits per heavy atom. The fourth-order valence-corrected chi connectivity index (χ4v) is 3.88. The fraction of sp³-hybridized carbons (Fsp3) is 0.190. The Morgan fingerprint density at radius 3 is 2.59 bits per heavy atom. The number of benzene rings is 2. The van der Waals surface area contributed by atoms with E-state index in [1.165, 1.54) is 11.8 Å².